The Morgan fingerprint density at radius 2 is 1.92 bits per heavy atom. The average molecular weight is 382 g/mol. The van der Waals surface area contributed by atoms with Crippen molar-refractivity contribution < 1.29 is 9.53 Å². The molecule has 1 aromatic carbocycles. The van der Waals surface area contributed by atoms with E-state index in [0.29, 0.717) is 12.0 Å². The van der Waals surface area contributed by atoms with E-state index >= 15 is 0 Å². The van der Waals surface area contributed by atoms with Crippen molar-refractivity contribution in [3.05, 3.63) is 29.8 Å². The van der Waals surface area contributed by atoms with Crippen LogP contribution in [0, 0.1) is 11.8 Å². The molecule has 0 saturated carbocycles. The normalized spacial score (nSPS) is 24.5. The summed E-state index contributed by atoms with van der Waals surface area (Å²) in [6, 6.07) is 8.73. The molecule has 2 N–H and O–H groups in total. The van der Waals surface area contributed by atoms with Crippen molar-refractivity contribution in [2.24, 2.45) is 11.8 Å². The molecule has 2 heterocycles. The predicted octanol–water partition coefficient (Wildman–Crippen LogP) is 2.62. The van der Waals surface area contributed by atoms with E-state index in [1.807, 2.05) is 12.1 Å². The molecule has 2 saturated heterocycles. The molecule has 2 aliphatic heterocycles. The zero-order valence-electron chi connectivity index (χ0n) is 15.9. The molecule has 0 bridgehead atoms. The van der Waals surface area contributed by atoms with E-state index < -0.39 is 0 Å². The molecular weight excluding hydrogens is 350 g/mol. The number of carbonyl (C=O) groups excluding carboxylic acids is 1. The van der Waals surface area contributed by atoms with Crippen molar-refractivity contribution in [3.8, 4) is 5.75 Å². The number of amides is 1. The van der Waals surface area contributed by atoms with Gasteiger partial charge in [-0.05, 0) is 76.0 Å². The molecule has 2 atom stereocenters. The van der Waals surface area contributed by atoms with E-state index in [0.717, 1.165) is 51.2 Å². The first-order valence-electron chi connectivity index (χ1n) is 9.51. The number of methoxy groups -OCH3 is 1. The molecule has 2 aliphatic rings. The second-order valence-electron chi connectivity index (χ2n) is 7.37. The van der Waals surface area contributed by atoms with E-state index in [4.69, 9.17) is 4.74 Å². The number of hydrogen-bond acceptors (Lipinski definition) is 4. The smallest absolute Gasteiger partial charge is 0.223 e. The lowest BCUT2D eigenvalue weighted by atomic mass is 9.84. The molecule has 5 nitrogen and oxygen atoms in total. The van der Waals surface area contributed by atoms with Crippen molar-refractivity contribution in [1.29, 1.82) is 0 Å². The number of ether oxygens (including phenoxy) is 1. The number of hydrogen-bond donors (Lipinski definition) is 2. The zero-order chi connectivity index (χ0) is 17.6. The van der Waals surface area contributed by atoms with Gasteiger partial charge in [-0.25, -0.2) is 0 Å². The summed E-state index contributed by atoms with van der Waals surface area (Å²) in [5.41, 5.74) is 1.31. The van der Waals surface area contributed by atoms with Crippen LogP contribution in [-0.2, 0) is 4.79 Å². The molecule has 0 aromatic heterocycles. The minimum absolute atomic E-state index is 0. The summed E-state index contributed by atoms with van der Waals surface area (Å²) in [5.74, 6) is 1.76. The summed E-state index contributed by atoms with van der Waals surface area (Å²) < 4.78 is 5.28. The van der Waals surface area contributed by atoms with Gasteiger partial charge in [0.25, 0.3) is 0 Å². The van der Waals surface area contributed by atoms with Crippen molar-refractivity contribution in [3.63, 3.8) is 0 Å². The first kappa shape index (κ1) is 21.0. The Bertz CT molecular complexity index is 561. The summed E-state index contributed by atoms with van der Waals surface area (Å²) in [5, 5.41) is 6.57. The van der Waals surface area contributed by atoms with Gasteiger partial charge in [0.1, 0.15) is 5.75 Å². The number of nitrogens with zero attached hydrogens (tertiary/aromatic N) is 1. The van der Waals surface area contributed by atoms with Crippen molar-refractivity contribution in [1.82, 2.24) is 15.5 Å². The van der Waals surface area contributed by atoms with Gasteiger partial charge in [-0.15, -0.1) is 12.4 Å². The largest absolute Gasteiger partial charge is 0.497 e. The van der Waals surface area contributed by atoms with Crippen LogP contribution in [0.4, 0.5) is 0 Å². The quantitative estimate of drug-likeness (QED) is 0.823. The fourth-order valence-corrected chi connectivity index (χ4v) is 4.26. The van der Waals surface area contributed by atoms with Crippen LogP contribution in [0.5, 0.6) is 5.75 Å². The molecule has 1 aromatic rings. The molecule has 146 valence electrons. The highest BCUT2D eigenvalue weighted by Gasteiger charge is 2.31. The number of piperidine rings is 2. The third-order valence-corrected chi connectivity index (χ3v) is 5.71. The molecular formula is C20H32ClN3O2. The maximum atomic E-state index is 12.5. The van der Waals surface area contributed by atoms with Gasteiger partial charge >= 0.3 is 0 Å². The minimum Gasteiger partial charge on any atom is -0.497 e. The number of carbonyl (C=O) groups is 1. The Balaban J connectivity index is 0.00000243. The maximum absolute atomic E-state index is 12.5. The van der Waals surface area contributed by atoms with Crippen LogP contribution in [-0.4, -0.2) is 51.1 Å². The highest BCUT2D eigenvalue weighted by molar-refractivity contribution is 5.85. The number of likely N-dealkylation sites (tertiary alicyclic amines) is 1. The Labute approximate surface area is 163 Å². The summed E-state index contributed by atoms with van der Waals surface area (Å²) in [4.78, 5) is 14.9. The molecule has 1 amide bonds. The lowest BCUT2D eigenvalue weighted by molar-refractivity contribution is -0.126. The number of benzene rings is 1. The summed E-state index contributed by atoms with van der Waals surface area (Å²) in [7, 11) is 3.89. The number of halogens is 1. The minimum atomic E-state index is 0. The summed E-state index contributed by atoms with van der Waals surface area (Å²) in [6.07, 6.45) is 4.27. The van der Waals surface area contributed by atoms with E-state index in [1.165, 1.54) is 12.0 Å². The fraction of sp³-hybridized carbons (Fsp3) is 0.650. The molecule has 2 fully saturated rings. The maximum Gasteiger partial charge on any atom is 0.223 e. The van der Waals surface area contributed by atoms with Gasteiger partial charge in [0.2, 0.25) is 5.91 Å². The molecule has 3 rings (SSSR count). The van der Waals surface area contributed by atoms with E-state index in [1.54, 1.807) is 7.11 Å². The molecule has 0 radical (unpaired) electrons. The lowest BCUT2D eigenvalue weighted by Gasteiger charge is -2.40. The Morgan fingerprint density at radius 1 is 1.23 bits per heavy atom. The second-order valence-corrected chi connectivity index (χ2v) is 7.37. The van der Waals surface area contributed by atoms with E-state index in [9.17, 15) is 4.79 Å². The molecule has 26 heavy (non-hydrogen) atoms. The van der Waals surface area contributed by atoms with Gasteiger partial charge in [0.15, 0.2) is 0 Å². The van der Waals surface area contributed by atoms with Gasteiger partial charge in [-0.1, -0.05) is 12.1 Å². The van der Waals surface area contributed by atoms with Crippen LogP contribution in [0.25, 0.3) is 0 Å². The highest BCUT2D eigenvalue weighted by Crippen LogP contribution is 2.35. The van der Waals surface area contributed by atoms with Gasteiger partial charge in [-0.3, -0.25) is 9.69 Å². The number of nitrogens with one attached hydrogen (secondary N) is 2. The second kappa shape index (κ2) is 10.1. The Hall–Kier alpha value is -1.30. The van der Waals surface area contributed by atoms with Crippen LogP contribution in [0.2, 0.25) is 0 Å². The highest BCUT2D eigenvalue weighted by atomic mass is 35.5. The monoisotopic (exact) mass is 381 g/mol. The van der Waals surface area contributed by atoms with Gasteiger partial charge in [-0.2, -0.15) is 0 Å². The van der Waals surface area contributed by atoms with E-state index in [2.05, 4.69) is 34.7 Å². The third-order valence-electron chi connectivity index (χ3n) is 5.71. The summed E-state index contributed by atoms with van der Waals surface area (Å²) in [6.45, 7) is 3.79. The average Bonchev–Trinajstić information content (AvgIpc) is 2.67. The molecule has 2 unspecified atom stereocenters. The van der Waals surface area contributed by atoms with Crippen molar-refractivity contribution >= 4 is 18.3 Å². The molecule has 6 heteroatoms. The zero-order valence-corrected chi connectivity index (χ0v) is 16.7. The van der Waals surface area contributed by atoms with Crippen LogP contribution >= 0.6 is 12.4 Å². The standard InChI is InChI=1S/C20H31N3O2.ClH/c1-23-13-3-4-17(14-22-20(24)16-9-11-21-12-10-16)19(23)15-5-7-18(25-2)8-6-15;/h5-8,16-17,19,21H,3-4,9-14H2,1-2H3,(H,22,24);1H. The summed E-state index contributed by atoms with van der Waals surface area (Å²) >= 11 is 0. The fourth-order valence-electron chi connectivity index (χ4n) is 4.26. The molecule has 0 spiro atoms. The van der Waals surface area contributed by atoms with E-state index in [-0.39, 0.29) is 24.2 Å². The van der Waals surface area contributed by atoms with Crippen molar-refractivity contribution in [2.45, 2.75) is 31.7 Å². The third kappa shape index (κ3) is 5.12. The van der Waals surface area contributed by atoms with Crippen LogP contribution in [0.15, 0.2) is 24.3 Å². The van der Waals surface area contributed by atoms with Crippen LogP contribution in [0.1, 0.15) is 37.3 Å². The van der Waals surface area contributed by atoms with Crippen LogP contribution in [0.3, 0.4) is 0 Å². The first-order chi connectivity index (χ1) is 12.2. The SMILES string of the molecule is COc1ccc(C2C(CNC(=O)C3CCNCC3)CCCN2C)cc1.Cl. The number of rotatable bonds is 5. The molecule has 0 aliphatic carbocycles. The predicted molar refractivity (Wildman–Crippen MR) is 107 cm³/mol. The van der Waals surface area contributed by atoms with Gasteiger partial charge in [0.05, 0.1) is 7.11 Å². The first-order valence-corrected chi connectivity index (χ1v) is 9.51. The van der Waals surface area contributed by atoms with Crippen molar-refractivity contribution in [2.75, 3.05) is 40.3 Å². The van der Waals surface area contributed by atoms with Gasteiger partial charge in [0, 0.05) is 18.5 Å². The van der Waals surface area contributed by atoms with Crippen LogP contribution < -0.4 is 15.4 Å². The van der Waals surface area contributed by atoms with Gasteiger partial charge < -0.3 is 15.4 Å². The lowest BCUT2D eigenvalue weighted by Crippen LogP contribution is -2.44. The Kier molecular flexibility index (Phi) is 8.19. The Morgan fingerprint density at radius 3 is 2.58 bits per heavy atom. The topological polar surface area (TPSA) is 53.6 Å².